The van der Waals surface area contributed by atoms with Crippen LogP contribution in [0.1, 0.15) is 63.5 Å². The molecule has 2 N–H and O–H groups in total. The largest absolute Gasteiger partial charge is 0.330 e. The van der Waals surface area contributed by atoms with E-state index in [0.29, 0.717) is 35.7 Å². The lowest BCUT2D eigenvalue weighted by molar-refractivity contribution is -0.118. The second kappa shape index (κ2) is 10.5. The molecule has 2 fully saturated rings. The summed E-state index contributed by atoms with van der Waals surface area (Å²) in [7, 11) is 0. The summed E-state index contributed by atoms with van der Waals surface area (Å²) in [4.78, 5) is 30.6. The molecule has 2 saturated heterocycles. The van der Waals surface area contributed by atoms with Crippen LogP contribution in [0.4, 0.5) is 20.3 Å². The molecule has 0 radical (unpaired) electrons. The number of carbonyl (C=O) groups is 1. The Hall–Kier alpha value is -3.86. The Bertz CT molecular complexity index is 1540. The third-order valence-corrected chi connectivity index (χ3v) is 8.64. The number of aromatic nitrogens is 3. The lowest BCUT2D eigenvalue weighted by Crippen LogP contribution is -2.41. The van der Waals surface area contributed by atoms with Crippen LogP contribution in [0.15, 0.2) is 47.5 Å². The maximum atomic E-state index is 15.0. The highest BCUT2D eigenvalue weighted by Gasteiger charge is 2.45. The zero-order chi connectivity index (χ0) is 28.9. The van der Waals surface area contributed by atoms with E-state index in [2.05, 4.69) is 37.4 Å². The minimum atomic E-state index is -1.02. The summed E-state index contributed by atoms with van der Waals surface area (Å²) in [6.45, 7) is 11.8. The van der Waals surface area contributed by atoms with Crippen LogP contribution in [0.2, 0.25) is 0 Å². The molecule has 5 heterocycles. The van der Waals surface area contributed by atoms with Crippen molar-refractivity contribution in [2.45, 2.75) is 59.0 Å². The first-order valence-corrected chi connectivity index (χ1v) is 14.3. The van der Waals surface area contributed by atoms with E-state index in [1.807, 2.05) is 36.3 Å². The number of piperidine rings is 1. The van der Waals surface area contributed by atoms with E-state index >= 15 is 4.39 Å². The number of nitrogens with one attached hydrogen (secondary N) is 2. The molecule has 41 heavy (non-hydrogen) atoms. The summed E-state index contributed by atoms with van der Waals surface area (Å²) in [5, 5.41) is 5.89. The normalized spacial score (nSPS) is 21.0. The number of halogens is 2. The smallest absolute Gasteiger partial charge is 0.227 e. The number of rotatable bonds is 5. The van der Waals surface area contributed by atoms with Gasteiger partial charge in [0.05, 0.1) is 17.4 Å². The molecule has 0 aliphatic carbocycles. The van der Waals surface area contributed by atoms with Gasteiger partial charge in [-0.3, -0.25) is 4.79 Å². The fourth-order valence-electron chi connectivity index (χ4n) is 6.40. The van der Waals surface area contributed by atoms with Gasteiger partial charge in [-0.1, -0.05) is 6.92 Å². The van der Waals surface area contributed by atoms with Crippen LogP contribution in [0.3, 0.4) is 0 Å². The number of anilines is 2. The molecule has 0 bridgehead atoms. The molecule has 0 saturated carbocycles. The summed E-state index contributed by atoms with van der Waals surface area (Å²) in [5.74, 6) is 0.559. The number of nitrogens with zero attached hydrogens (tertiary/aromatic N) is 6. The molecule has 2 aromatic heterocycles. The zero-order valence-electron chi connectivity index (χ0n) is 23.9. The number of hydrogen-bond acceptors (Lipinski definition) is 7. The highest BCUT2D eigenvalue weighted by Crippen LogP contribution is 2.42. The van der Waals surface area contributed by atoms with Gasteiger partial charge in [0, 0.05) is 25.2 Å². The topological polar surface area (TPSA) is 90.7 Å². The van der Waals surface area contributed by atoms with E-state index in [1.165, 1.54) is 12.3 Å². The van der Waals surface area contributed by atoms with Crippen molar-refractivity contribution < 1.29 is 13.6 Å². The molecule has 1 amide bonds. The van der Waals surface area contributed by atoms with Crippen molar-refractivity contribution >= 4 is 34.4 Å². The molecule has 3 aromatic rings. The lowest BCUT2D eigenvalue weighted by Gasteiger charge is -2.38. The number of guanidine groups is 1. The Labute approximate surface area is 238 Å². The summed E-state index contributed by atoms with van der Waals surface area (Å²) < 4.78 is 31.9. The van der Waals surface area contributed by atoms with Gasteiger partial charge in [-0.15, -0.1) is 0 Å². The van der Waals surface area contributed by atoms with Gasteiger partial charge in [-0.2, -0.15) is 0 Å². The van der Waals surface area contributed by atoms with Crippen LogP contribution < -0.4 is 15.5 Å². The molecule has 1 unspecified atom stereocenters. The Morgan fingerprint density at radius 1 is 1.20 bits per heavy atom. The average Bonchev–Trinajstić information content (AvgIpc) is 3.46. The van der Waals surface area contributed by atoms with E-state index in [0.717, 1.165) is 38.2 Å². The monoisotopic (exact) mass is 562 g/mol. The number of likely N-dealkylation sites (tertiary alicyclic amines) is 1. The predicted octanol–water partition coefficient (Wildman–Crippen LogP) is 5.22. The zero-order valence-corrected chi connectivity index (χ0v) is 23.9. The SMILES string of the molecule is CCN1CCC2(CC1)CC(=O)N(c1ccc(NC3=NC(c4cc(F)c5nc(C)n(C(C)C)c5c4)C(F)=CN3)nc1)C2. The first-order valence-electron chi connectivity index (χ1n) is 14.3. The number of aliphatic imine (C=N–C) groups is 1. The van der Waals surface area contributed by atoms with E-state index in [4.69, 9.17) is 0 Å². The highest BCUT2D eigenvalue weighted by molar-refractivity contribution is 5.97. The van der Waals surface area contributed by atoms with Gasteiger partial charge in [0.15, 0.2) is 5.82 Å². The van der Waals surface area contributed by atoms with Crippen molar-refractivity contribution in [1.82, 2.24) is 24.8 Å². The number of hydrogen-bond donors (Lipinski definition) is 2. The molecule has 11 heteroatoms. The fraction of sp³-hybridized carbons (Fsp3) is 0.467. The summed E-state index contributed by atoms with van der Waals surface area (Å²) in [6, 6.07) is 5.73. The third-order valence-electron chi connectivity index (χ3n) is 8.64. The minimum Gasteiger partial charge on any atom is -0.330 e. The van der Waals surface area contributed by atoms with Gasteiger partial charge in [0.1, 0.15) is 29.0 Å². The van der Waals surface area contributed by atoms with Crippen molar-refractivity contribution in [3.05, 3.63) is 59.7 Å². The molecule has 1 aromatic carbocycles. The van der Waals surface area contributed by atoms with Crippen LogP contribution in [-0.4, -0.2) is 57.5 Å². The summed E-state index contributed by atoms with van der Waals surface area (Å²) in [5.41, 5.74) is 2.06. The molecule has 3 aliphatic heterocycles. The summed E-state index contributed by atoms with van der Waals surface area (Å²) in [6.07, 6.45) is 5.53. The number of carbonyl (C=O) groups excluding carboxylic acids is 1. The molecule has 6 rings (SSSR count). The van der Waals surface area contributed by atoms with Gasteiger partial charge >= 0.3 is 0 Å². The van der Waals surface area contributed by atoms with Crippen molar-refractivity contribution in [1.29, 1.82) is 0 Å². The van der Waals surface area contributed by atoms with Gasteiger partial charge in [-0.25, -0.2) is 23.7 Å². The van der Waals surface area contributed by atoms with Crippen LogP contribution in [-0.2, 0) is 4.79 Å². The maximum absolute atomic E-state index is 15.0. The minimum absolute atomic E-state index is 0.0416. The van der Waals surface area contributed by atoms with Crippen molar-refractivity contribution in [2.75, 3.05) is 36.4 Å². The van der Waals surface area contributed by atoms with Crippen LogP contribution >= 0.6 is 0 Å². The third kappa shape index (κ3) is 5.07. The standard InChI is InChI=1S/C30H36F2N8O/c1-5-38-10-8-30(9-11-38)14-26(41)39(17-30)21-6-7-25(33-15-21)36-29-34-16-23(32)27(37-29)20-12-22(31)28-24(13-20)40(18(2)3)19(4)35-28/h6-7,12-13,15-16,18,27H,5,8-11,14,17H2,1-4H3,(H2,33,34,36,37). The average molecular weight is 563 g/mol. The Balaban J connectivity index is 1.19. The van der Waals surface area contributed by atoms with Gasteiger partial charge in [0.2, 0.25) is 11.9 Å². The van der Waals surface area contributed by atoms with Gasteiger partial charge < -0.3 is 25.0 Å². The van der Waals surface area contributed by atoms with Crippen LogP contribution in [0.5, 0.6) is 0 Å². The van der Waals surface area contributed by atoms with Crippen molar-refractivity contribution in [2.24, 2.45) is 10.4 Å². The Morgan fingerprint density at radius 2 is 1.98 bits per heavy atom. The first-order chi connectivity index (χ1) is 19.7. The second-order valence-corrected chi connectivity index (χ2v) is 11.7. The van der Waals surface area contributed by atoms with E-state index < -0.39 is 17.7 Å². The van der Waals surface area contributed by atoms with Crippen LogP contribution in [0.25, 0.3) is 11.0 Å². The summed E-state index contributed by atoms with van der Waals surface area (Å²) >= 11 is 0. The predicted molar refractivity (Wildman–Crippen MR) is 156 cm³/mol. The number of aryl methyl sites for hydroxylation is 1. The van der Waals surface area contributed by atoms with E-state index in [1.54, 1.807) is 18.3 Å². The number of fused-ring (bicyclic) bond motifs is 1. The van der Waals surface area contributed by atoms with Crippen molar-refractivity contribution in [3.8, 4) is 0 Å². The quantitative estimate of drug-likeness (QED) is 0.443. The number of imidazole rings is 1. The Morgan fingerprint density at radius 3 is 2.66 bits per heavy atom. The van der Waals surface area contributed by atoms with Crippen molar-refractivity contribution in [3.63, 3.8) is 0 Å². The molecular weight excluding hydrogens is 526 g/mol. The molecule has 216 valence electrons. The number of pyridine rings is 1. The van der Waals surface area contributed by atoms with Gasteiger partial charge in [0.25, 0.3) is 0 Å². The lowest BCUT2D eigenvalue weighted by atomic mass is 9.77. The number of benzene rings is 1. The number of amides is 1. The molecule has 3 aliphatic rings. The molecule has 9 nitrogen and oxygen atoms in total. The highest BCUT2D eigenvalue weighted by atomic mass is 19.1. The van der Waals surface area contributed by atoms with E-state index in [9.17, 15) is 9.18 Å². The molecule has 1 atom stereocenters. The van der Waals surface area contributed by atoms with E-state index in [-0.39, 0.29) is 28.8 Å². The first kappa shape index (κ1) is 27.3. The molecule has 1 spiro atoms. The second-order valence-electron chi connectivity index (χ2n) is 11.7. The van der Waals surface area contributed by atoms with Crippen LogP contribution in [0, 0.1) is 18.2 Å². The Kier molecular flexibility index (Phi) is 7.01. The maximum Gasteiger partial charge on any atom is 0.227 e. The fourth-order valence-corrected chi connectivity index (χ4v) is 6.40. The van der Waals surface area contributed by atoms with Gasteiger partial charge in [-0.05, 0) is 88.5 Å². The molecular formula is C30H36F2N8O.